The molecule has 1 aromatic carbocycles. The van der Waals surface area contributed by atoms with E-state index in [1.54, 1.807) is 4.90 Å². The van der Waals surface area contributed by atoms with Crippen LogP contribution in [0.1, 0.15) is 37.6 Å². The maximum atomic E-state index is 13.8. The van der Waals surface area contributed by atoms with Gasteiger partial charge in [-0.15, -0.1) is 0 Å². The van der Waals surface area contributed by atoms with Gasteiger partial charge in [-0.1, -0.05) is 20.8 Å². The van der Waals surface area contributed by atoms with E-state index in [9.17, 15) is 18.4 Å². The van der Waals surface area contributed by atoms with E-state index in [1.165, 1.54) is 4.90 Å². The lowest BCUT2D eigenvalue weighted by Crippen LogP contribution is -2.42. The zero-order chi connectivity index (χ0) is 17.2. The van der Waals surface area contributed by atoms with Crippen molar-refractivity contribution in [3.63, 3.8) is 0 Å². The van der Waals surface area contributed by atoms with Gasteiger partial charge in [0, 0.05) is 37.7 Å². The van der Waals surface area contributed by atoms with Gasteiger partial charge < -0.3 is 9.80 Å². The minimum atomic E-state index is -0.859. The average molecular weight is 324 g/mol. The molecule has 2 rings (SSSR count). The van der Waals surface area contributed by atoms with Crippen LogP contribution in [0.2, 0.25) is 0 Å². The van der Waals surface area contributed by atoms with E-state index in [0.717, 1.165) is 12.1 Å². The monoisotopic (exact) mass is 324 g/mol. The molecule has 1 aliphatic heterocycles. The van der Waals surface area contributed by atoms with Crippen molar-refractivity contribution in [1.29, 1.82) is 0 Å². The summed E-state index contributed by atoms with van der Waals surface area (Å²) in [6, 6.07) is 2.94. The van der Waals surface area contributed by atoms with Gasteiger partial charge in [0.05, 0.1) is 5.56 Å². The molecule has 1 fully saturated rings. The summed E-state index contributed by atoms with van der Waals surface area (Å²) in [5, 5.41) is 0. The Morgan fingerprint density at radius 2 is 1.61 bits per heavy atom. The Hall–Kier alpha value is -1.98. The lowest BCUT2D eigenvalue weighted by atomic mass is 9.94. The van der Waals surface area contributed by atoms with Crippen molar-refractivity contribution in [3.8, 4) is 0 Å². The minimum absolute atomic E-state index is 0.0414. The summed E-state index contributed by atoms with van der Waals surface area (Å²) in [7, 11) is 0. The lowest BCUT2D eigenvalue weighted by Gasteiger charge is -2.28. The summed E-state index contributed by atoms with van der Waals surface area (Å²) in [6.07, 6.45) is 0.635. The number of carbonyl (C=O) groups is 2. The molecule has 23 heavy (non-hydrogen) atoms. The molecule has 1 heterocycles. The fraction of sp³-hybridized carbons (Fsp3) is 0.529. The largest absolute Gasteiger partial charge is 0.340 e. The highest BCUT2D eigenvalue weighted by Gasteiger charge is 2.30. The number of hydrogen-bond donors (Lipinski definition) is 0. The Morgan fingerprint density at radius 1 is 1.00 bits per heavy atom. The highest BCUT2D eigenvalue weighted by molar-refractivity contribution is 5.94. The number of nitrogens with zero attached hydrogens (tertiary/aromatic N) is 2. The third kappa shape index (κ3) is 4.06. The first-order valence-corrected chi connectivity index (χ1v) is 7.74. The molecule has 1 saturated heterocycles. The normalized spacial score (nSPS) is 16.2. The molecule has 0 spiro atoms. The Bertz CT molecular complexity index is 611. The van der Waals surface area contributed by atoms with Crippen molar-refractivity contribution in [2.24, 2.45) is 5.41 Å². The molecule has 0 N–H and O–H groups in total. The van der Waals surface area contributed by atoms with Crippen LogP contribution < -0.4 is 0 Å². The molecule has 1 aliphatic rings. The number of amides is 2. The highest BCUT2D eigenvalue weighted by atomic mass is 19.1. The number of hydrogen-bond acceptors (Lipinski definition) is 2. The third-order valence-corrected chi connectivity index (χ3v) is 3.87. The van der Waals surface area contributed by atoms with Crippen molar-refractivity contribution in [3.05, 3.63) is 35.4 Å². The first-order valence-electron chi connectivity index (χ1n) is 7.74. The first kappa shape index (κ1) is 17.4. The van der Waals surface area contributed by atoms with Gasteiger partial charge in [0.2, 0.25) is 5.91 Å². The molecule has 4 nitrogen and oxygen atoms in total. The number of rotatable bonds is 1. The molecular weight excluding hydrogens is 302 g/mol. The van der Waals surface area contributed by atoms with Crippen LogP contribution in [0.15, 0.2) is 18.2 Å². The second kappa shape index (κ2) is 6.64. The summed E-state index contributed by atoms with van der Waals surface area (Å²) < 4.78 is 26.7. The summed E-state index contributed by atoms with van der Waals surface area (Å²) in [6.45, 7) is 7.36. The van der Waals surface area contributed by atoms with Crippen LogP contribution in [0.5, 0.6) is 0 Å². The maximum absolute atomic E-state index is 13.8. The van der Waals surface area contributed by atoms with E-state index in [4.69, 9.17) is 0 Å². The Kier molecular flexibility index (Phi) is 5.02. The van der Waals surface area contributed by atoms with Crippen LogP contribution in [0.3, 0.4) is 0 Å². The fourth-order valence-corrected chi connectivity index (χ4v) is 2.63. The zero-order valence-electron chi connectivity index (χ0n) is 13.7. The van der Waals surface area contributed by atoms with Crippen LogP contribution in [0.4, 0.5) is 8.78 Å². The Labute approximate surface area is 135 Å². The smallest absolute Gasteiger partial charge is 0.256 e. The second-order valence-corrected chi connectivity index (χ2v) is 6.81. The third-order valence-electron chi connectivity index (χ3n) is 3.87. The molecule has 0 aliphatic carbocycles. The van der Waals surface area contributed by atoms with Gasteiger partial charge in [-0.25, -0.2) is 8.78 Å². The predicted molar refractivity (Wildman–Crippen MR) is 82.9 cm³/mol. The van der Waals surface area contributed by atoms with Gasteiger partial charge in [0.15, 0.2) is 0 Å². The van der Waals surface area contributed by atoms with Gasteiger partial charge in [0.1, 0.15) is 11.6 Å². The van der Waals surface area contributed by atoms with Crippen molar-refractivity contribution >= 4 is 11.8 Å². The number of halogens is 2. The first-order chi connectivity index (χ1) is 10.7. The van der Waals surface area contributed by atoms with Crippen molar-refractivity contribution in [2.75, 3.05) is 26.2 Å². The van der Waals surface area contributed by atoms with Gasteiger partial charge >= 0.3 is 0 Å². The Balaban J connectivity index is 2.08. The molecule has 0 radical (unpaired) electrons. The minimum Gasteiger partial charge on any atom is -0.340 e. The average Bonchev–Trinajstić information content (AvgIpc) is 2.70. The zero-order valence-corrected chi connectivity index (χ0v) is 13.7. The van der Waals surface area contributed by atoms with Crippen molar-refractivity contribution in [2.45, 2.75) is 27.2 Å². The number of benzene rings is 1. The Morgan fingerprint density at radius 3 is 2.22 bits per heavy atom. The van der Waals surface area contributed by atoms with Crippen LogP contribution in [0, 0.1) is 17.0 Å². The molecule has 0 saturated carbocycles. The quantitative estimate of drug-likeness (QED) is 0.797. The highest BCUT2D eigenvalue weighted by Crippen LogP contribution is 2.20. The summed E-state index contributed by atoms with van der Waals surface area (Å²) >= 11 is 0. The van der Waals surface area contributed by atoms with E-state index in [2.05, 4.69) is 0 Å². The standard InChI is InChI=1S/C17H22F2N2O2/c1-17(2,3)16(23)21-8-4-7-20(9-10-21)15(22)13-6-5-12(18)11-14(13)19/h5-6,11H,4,7-10H2,1-3H3. The van der Waals surface area contributed by atoms with Crippen molar-refractivity contribution < 1.29 is 18.4 Å². The van der Waals surface area contributed by atoms with E-state index in [1.807, 2.05) is 20.8 Å². The SMILES string of the molecule is CC(C)(C)C(=O)N1CCCN(C(=O)c2ccc(F)cc2F)CC1. The van der Waals surface area contributed by atoms with E-state index >= 15 is 0 Å². The molecule has 126 valence electrons. The van der Waals surface area contributed by atoms with Gasteiger partial charge in [-0.2, -0.15) is 0 Å². The molecule has 6 heteroatoms. The number of carbonyl (C=O) groups excluding carboxylic acids is 2. The maximum Gasteiger partial charge on any atom is 0.256 e. The van der Waals surface area contributed by atoms with Crippen LogP contribution in [0.25, 0.3) is 0 Å². The molecule has 1 aromatic rings. The summed E-state index contributed by atoms with van der Waals surface area (Å²) in [5.41, 5.74) is -0.607. The second-order valence-electron chi connectivity index (χ2n) is 6.81. The molecular formula is C17H22F2N2O2. The predicted octanol–water partition coefficient (Wildman–Crippen LogP) is 2.69. The molecule has 2 amide bonds. The summed E-state index contributed by atoms with van der Waals surface area (Å²) in [4.78, 5) is 28.0. The van der Waals surface area contributed by atoms with Gasteiger partial charge in [-0.05, 0) is 18.6 Å². The van der Waals surface area contributed by atoms with Gasteiger partial charge in [-0.3, -0.25) is 9.59 Å². The van der Waals surface area contributed by atoms with Crippen LogP contribution in [-0.2, 0) is 4.79 Å². The van der Waals surface area contributed by atoms with E-state index in [0.29, 0.717) is 38.7 Å². The van der Waals surface area contributed by atoms with Crippen molar-refractivity contribution in [1.82, 2.24) is 9.80 Å². The topological polar surface area (TPSA) is 40.6 Å². The van der Waals surface area contributed by atoms with Crippen LogP contribution in [-0.4, -0.2) is 47.8 Å². The summed E-state index contributed by atoms with van der Waals surface area (Å²) in [5.74, 6) is -1.99. The van der Waals surface area contributed by atoms with E-state index < -0.39 is 23.0 Å². The molecule has 0 unspecified atom stereocenters. The lowest BCUT2D eigenvalue weighted by molar-refractivity contribution is -0.139. The molecule has 0 bridgehead atoms. The molecule has 0 atom stereocenters. The van der Waals surface area contributed by atoms with Gasteiger partial charge in [0.25, 0.3) is 5.91 Å². The van der Waals surface area contributed by atoms with E-state index in [-0.39, 0.29) is 11.5 Å². The van der Waals surface area contributed by atoms with Crippen LogP contribution >= 0.6 is 0 Å². The fourth-order valence-electron chi connectivity index (χ4n) is 2.63. The molecule has 0 aromatic heterocycles.